The van der Waals surface area contributed by atoms with E-state index in [2.05, 4.69) is 48.3 Å². The van der Waals surface area contributed by atoms with Crippen LogP contribution in [0.2, 0.25) is 0 Å². The molecule has 3 rings (SSSR count). The highest BCUT2D eigenvalue weighted by Crippen LogP contribution is 2.20. The van der Waals surface area contributed by atoms with Gasteiger partial charge >= 0.3 is 0 Å². The van der Waals surface area contributed by atoms with Crippen molar-refractivity contribution in [3.05, 3.63) is 30.0 Å². The van der Waals surface area contributed by atoms with Gasteiger partial charge in [-0.15, -0.1) is 0 Å². The average Bonchev–Trinajstić information content (AvgIpc) is 2.76. The summed E-state index contributed by atoms with van der Waals surface area (Å²) in [5, 5.41) is 9.66. The number of aromatic nitrogens is 2. The van der Waals surface area contributed by atoms with Gasteiger partial charge in [-0.05, 0) is 18.4 Å². The molecule has 1 aliphatic heterocycles. The molecule has 0 bridgehead atoms. The molecule has 4 heteroatoms. The van der Waals surface area contributed by atoms with Crippen LogP contribution in [0.4, 0.5) is 0 Å². The number of nitrogens with zero attached hydrogens (tertiary/aromatic N) is 3. The lowest BCUT2D eigenvalue weighted by Gasteiger charge is -2.34. The maximum Gasteiger partial charge on any atom is 0.0843 e. The Morgan fingerprint density at radius 3 is 2.95 bits per heavy atom. The molecule has 1 aliphatic rings. The molecular weight excluding hydrogens is 260 g/mol. The number of rotatable bonds is 4. The minimum Gasteiger partial charge on any atom is -0.311 e. The highest BCUT2D eigenvalue weighted by molar-refractivity contribution is 5.81. The topological polar surface area (TPSA) is 33.1 Å². The molecule has 1 aromatic carbocycles. The molecule has 4 nitrogen and oxygen atoms in total. The van der Waals surface area contributed by atoms with Crippen molar-refractivity contribution >= 4 is 10.9 Å². The molecule has 0 spiro atoms. The van der Waals surface area contributed by atoms with Crippen molar-refractivity contribution < 1.29 is 0 Å². The predicted octanol–water partition coefficient (Wildman–Crippen LogP) is 2.39. The van der Waals surface area contributed by atoms with E-state index in [1.165, 1.54) is 23.0 Å². The van der Waals surface area contributed by atoms with Crippen molar-refractivity contribution in [2.24, 2.45) is 13.0 Å². The minimum atomic E-state index is 0.619. The Balaban J connectivity index is 1.73. The first-order valence-electron chi connectivity index (χ1n) is 8.00. The average molecular weight is 286 g/mol. The molecule has 1 aromatic heterocycles. The molecular formula is C17H26N4. The number of piperazine rings is 1. The summed E-state index contributed by atoms with van der Waals surface area (Å²) in [6, 6.07) is 9.13. The molecule has 2 heterocycles. The first-order valence-corrected chi connectivity index (χ1v) is 8.00. The molecule has 1 atom stereocenters. The summed E-state index contributed by atoms with van der Waals surface area (Å²) < 4.78 is 2.00. The van der Waals surface area contributed by atoms with Crippen molar-refractivity contribution in [3.8, 4) is 0 Å². The fourth-order valence-electron chi connectivity index (χ4n) is 3.38. The van der Waals surface area contributed by atoms with Crippen LogP contribution in [0.15, 0.2) is 24.3 Å². The standard InChI is InChI=1S/C17H26N4/c1-13(2)10-14-11-21(9-8-18-14)12-16-15-6-4-5-7-17(15)20(3)19-16/h4-7,13-14,18H,8-12H2,1-3H3. The van der Waals surface area contributed by atoms with E-state index in [1.807, 2.05) is 11.7 Å². The van der Waals surface area contributed by atoms with E-state index in [9.17, 15) is 0 Å². The Bertz CT molecular complexity index is 602. The SMILES string of the molecule is CC(C)CC1CN(Cc2nn(C)c3ccccc23)CCN1. The molecule has 21 heavy (non-hydrogen) atoms. The molecule has 1 unspecified atom stereocenters. The van der Waals surface area contributed by atoms with Crippen LogP contribution >= 0.6 is 0 Å². The first kappa shape index (κ1) is 14.5. The van der Waals surface area contributed by atoms with E-state index in [0.717, 1.165) is 32.1 Å². The summed E-state index contributed by atoms with van der Waals surface area (Å²) in [5.41, 5.74) is 2.43. The zero-order valence-electron chi connectivity index (χ0n) is 13.3. The Morgan fingerprint density at radius 1 is 1.33 bits per heavy atom. The number of hydrogen-bond donors (Lipinski definition) is 1. The third kappa shape index (κ3) is 3.27. The second-order valence-electron chi connectivity index (χ2n) is 6.60. The first-order chi connectivity index (χ1) is 10.1. The predicted molar refractivity (Wildman–Crippen MR) is 87.2 cm³/mol. The van der Waals surface area contributed by atoms with Gasteiger partial charge in [-0.3, -0.25) is 9.58 Å². The fourth-order valence-corrected chi connectivity index (χ4v) is 3.38. The lowest BCUT2D eigenvalue weighted by Crippen LogP contribution is -2.50. The van der Waals surface area contributed by atoms with Gasteiger partial charge in [-0.1, -0.05) is 32.0 Å². The van der Waals surface area contributed by atoms with Crippen LogP contribution in [0.1, 0.15) is 26.0 Å². The van der Waals surface area contributed by atoms with Gasteiger partial charge in [0.15, 0.2) is 0 Å². The molecule has 1 fully saturated rings. The van der Waals surface area contributed by atoms with E-state index < -0.39 is 0 Å². The molecule has 114 valence electrons. The van der Waals surface area contributed by atoms with Gasteiger partial charge in [0.2, 0.25) is 0 Å². The monoisotopic (exact) mass is 286 g/mol. The van der Waals surface area contributed by atoms with Crippen LogP contribution in [-0.4, -0.2) is 40.4 Å². The van der Waals surface area contributed by atoms with Gasteiger partial charge in [0.1, 0.15) is 0 Å². The Labute approximate surface area is 127 Å². The van der Waals surface area contributed by atoms with Gasteiger partial charge in [-0.2, -0.15) is 5.10 Å². The zero-order chi connectivity index (χ0) is 14.8. The van der Waals surface area contributed by atoms with Crippen molar-refractivity contribution in [1.82, 2.24) is 20.0 Å². The molecule has 1 saturated heterocycles. The summed E-state index contributed by atoms with van der Waals surface area (Å²) in [5.74, 6) is 0.748. The number of hydrogen-bond acceptors (Lipinski definition) is 3. The normalized spacial score (nSPS) is 20.5. The molecule has 0 radical (unpaired) electrons. The van der Waals surface area contributed by atoms with E-state index in [0.29, 0.717) is 6.04 Å². The van der Waals surface area contributed by atoms with Crippen LogP contribution in [0.25, 0.3) is 10.9 Å². The minimum absolute atomic E-state index is 0.619. The van der Waals surface area contributed by atoms with Crippen molar-refractivity contribution in [2.45, 2.75) is 32.9 Å². The number of aryl methyl sites for hydroxylation is 1. The maximum absolute atomic E-state index is 4.72. The van der Waals surface area contributed by atoms with E-state index in [4.69, 9.17) is 5.10 Å². The Hall–Kier alpha value is -1.39. The molecule has 0 aliphatic carbocycles. The van der Waals surface area contributed by atoms with Gasteiger partial charge < -0.3 is 5.32 Å². The van der Waals surface area contributed by atoms with Crippen molar-refractivity contribution in [3.63, 3.8) is 0 Å². The van der Waals surface area contributed by atoms with E-state index >= 15 is 0 Å². The van der Waals surface area contributed by atoms with Crippen LogP contribution in [0.3, 0.4) is 0 Å². The van der Waals surface area contributed by atoms with Crippen LogP contribution in [-0.2, 0) is 13.6 Å². The Morgan fingerprint density at radius 2 is 2.14 bits per heavy atom. The van der Waals surface area contributed by atoms with Crippen molar-refractivity contribution in [1.29, 1.82) is 0 Å². The van der Waals surface area contributed by atoms with Gasteiger partial charge in [-0.25, -0.2) is 0 Å². The van der Waals surface area contributed by atoms with E-state index in [-0.39, 0.29) is 0 Å². The summed E-state index contributed by atoms with van der Waals surface area (Å²) >= 11 is 0. The lowest BCUT2D eigenvalue weighted by molar-refractivity contribution is 0.178. The number of para-hydroxylation sites is 1. The summed E-state index contributed by atoms with van der Waals surface area (Å²) in [7, 11) is 2.03. The van der Waals surface area contributed by atoms with Gasteiger partial charge in [0.05, 0.1) is 11.2 Å². The van der Waals surface area contributed by atoms with Crippen LogP contribution in [0.5, 0.6) is 0 Å². The molecule has 1 N–H and O–H groups in total. The Kier molecular flexibility index (Phi) is 4.27. The second-order valence-corrected chi connectivity index (χ2v) is 6.60. The summed E-state index contributed by atoms with van der Waals surface area (Å²) in [6.07, 6.45) is 1.25. The highest BCUT2D eigenvalue weighted by atomic mass is 15.3. The smallest absolute Gasteiger partial charge is 0.0843 e. The maximum atomic E-state index is 4.72. The van der Waals surface area contributed by atoms with Gasteiger partial charge in [0, 0.05) is 44.7 Å². The van der Waals surface area contributed by atoms with Crippen molar-refractivity contribution in [2.75, 3.05) is 19.6 Å². The molecule has 0 amide bonds. The quantitative estimate of drug-likeness (QED) is 0.937. The largest absolute Gasteiger partial charge is 0.311 e. The second kappa shape index (κ2) is 6.16. The number of nitrogens with one attached hydrogen (secondary N) is 1. The highest BCUT2D eigenvalue weighted by Gasteiger charge is 2.21. The third-order valence-corrected chi connectivity index (χ3v) is 4.30. The number of benzene rings is 1. The summed E-state index contributed by atoms with van der Waals surface area (Å²) in [4.78, 5) is 2.54. The lowest BCUT2D eigenvalue weighted by atomic mass is 10.0. The fraction of sp³-hybridized carbons (Fsp3) is 0.588. The molecule has 0 saturated carbocycles. The molecule has 2 aromatic rings. The van der Waals surface area contributed by atoms with Gasteiger partial charge in [0.25, 0.3) is 0 Å². The van der Waals surface area contributed by atoms with E-state index in [1.54, 1.807) is 0 Å². The summed E-state index contributed by atoms with van der Waals surface area (Å²) in [6.45, 7) is 8.88. The van der Waals surface area contributed by atoms with Crippen LogP contribution in [0, 0.1) is 5.92 Å². The zero-order valence-corrected chi connectivity index (χ0v) is 13.3. The third-order valence-electron chi connectivity index (χ3n) is 4.30. The number of fused-ring (bicyclic) bond motifs is 1. The van der Waals surface area contributed by atoms with Crippen LogP contribution < -0.4 is 5.32 Å².